The largest absolute Gasteiger partial charge is 0.373 e. The molecule has 0 saturated heterocycles. The van der Waals surface area contributed by atoms with Gasteiger partial charge in [0.15, 0.2) is 0 Å². The number of amides is 1. The topological polar surface area (TPSA) is 58.6 Å². The molecule has 26 heavy (non-hydrogen) atoms. The summed E-state index contributed by atoms with van der Waals surface area (Å²) in [7, 11) is 0. The molecule has 1 heterocycles. The van der Waals surface area contributed by atoms with Crippen molar-refractivity contribution in [2.45, 2.75) is 79.1 Å². The standard InChI is InChI=1S/C22H35NO3/c1-6-26-18-13-11-15(4)10-12-17(16(5)9-7-8-14(2)3)19-20(18)22(25)23-21(19)24/h8,11,16-18,21,24H,6-7,9-10,12-13H2,1-5H3,(H,23,25)/b15-11+/t16-,17+,18-,21-/m1/s1. The Hall–Kier alpha value is -1.39. The zero-order valence-electron chi connectivity index (χ0n) is 17.0. The number of carbonyl (C=O) groups excluding carboxylic acids is 1. The van der Waals surface area contributed by atoms with E-state index < -0.39 is 6.23 Å². The average molecular weight is 362 g/mol. The first-order valence-electron chi connectivity index (χ1n) is 9.98. The zero-order chi connectivity index (χ0) is 19.3. The first-order chi connectivity index (χ1) is 12.3. The third-order valence-electron chi connectivity index (χ3n) is 5.60. The second kappa shape index (κ2) is 9.52. The summed E-state index contributed by atoms with van der Waals surface area (Å²) in [6, 6.07) is 0. The normalized spacial score (nSPS) is 29.7. The quantitative estimate of drug-likeness (QED) is 0.695. The Morgan fingerprint density at radius 1 is 1.46 bits per heavy atom. The molecule has 2 aliphatic rings. The Morgan fingerprint density at radius 2 is 2.19 bits per heavy atom. The number of nitrogens with one attached hydrogen (secondary N) is 1. The summed E-state index contributed by atoms with van der Waals surface area (Å²) in [4.78, 5) is 12.6. The first-order valence-corrected chi connectivity index (χ1v) is 9.98. The minimum atomic E-state index is -0.880. The average Bonchev–Trinajstić information content (AvgIpc) is 2.88. The van der Waals surface area contributed by atoms with Crippen LogP contribution in [0.4, 0.5) is 0 Å². The number of hydrogen-bond acceptors (Lipinski definition) is 3. The van der Waals surface area contributed by atoms with Crippen LogP contribution < -0.4 is 5.32 Å². The summed E-state index contributed by atoms with van der Waals surface area (Å²) < 4.78 is 5.91. The van der Waals surface area contributed by atoms with Crippen LogP contribution in [0, 0.1) is 11.8 Å². The molecular formula is C22H35NO3. The fourth-order valence-corrected chi connectivity index (χ4v) is 4.14. The van der Waals surface area contributed by atoms with Crippen molar-refractivity contribution >= 4 is 5.91 Å². The van der Waals surface area contributed by atoms with Crippen molar-refractivity contribution in [3.8, 4) is 0 Å². The van der Waals surface area contributed by atoms with E-state index in [4.69, 9.17) is 4.74 Å². The van der Waals surface area contributed by atoms with Crippen molar-refractivity contribution in [3.05, 3.63) is 34.4 Å². The molecular weight excluding hydrogens is 326 g/mol. The Morgan fingerprint density at radius 3 is 2.85 bits per heavy atom. The van der Waals surface area contributed by atoms with E-state index in [-0.39, 0.29) is 17.9 Å². The molecule has 1 aliphatic heterocycles. The van der Waals surface area contributed by atoms with Gasteiger partial charge in [0.05, 0.1) is 6.10 Å². The maximum Gasteiger partial charge on any atom is 0.252 e. The molecule has 0 unspecified atom stereocenters. The molecule has 0 fully saturated rings. The van der Waals surface area contributed by atoms with Gasteiger partial charge < -0.3 is 15.2 Å². The Bertz CT molecular complexity index is 599. The molecule has 1 aliphatic carbocycles. The van der Waals surface area contributed by atoms with Gasteiger partial charge in [-0.1, -0.05) is 30.2 Å². The molecule has 4 nitrogen and oxygen atoms in total. The van der Waals surface area contributed by atoms with Gasteiger partial charge in [0.1, 0.15) is 6.23 Å². The monoisotopic (exact) mass is 361 g/mol. The summed E-state index contributed by atoms with van der Waals surface area (Å²) in [5, 5.41) is 13.3. The summed E-state index contributed by atoms with van der Waals surface area (Å²) in [6.07, 6.45) is 8.04. The smallest absolute Gasteiger partial charge is 0.252 e. The molecule has 0 aromatic rings. The predicted molar refractivity (Wildman–Crippen MR) is 106 cm³/mol. The number of aliphatic hydroxyl groups excluding tert-OH is 1. The highest BCUT2D eigenvalue weighted by Crippen LogP contribution is 2.39. The van der Waals surface area contributed by atoms with Gasteiger partial charge in [0.25, 0.3) is 5.91 Å². The molecule has 2 N–H and O–H groups in total. The van der Waals surface area contributed by atoms with Crippen LogP contribution in [0.25, 0.3) is 0 Å². The molecule has 0 saturated carbocycles. The van der Waals surface area contributed by atoms with E-state index in [9.17, 15) is 9.90 Å². The molecule has 2 rings (SSSR count). The van der Waals surface area contributed by atoms with E-state index in [0.29, 0.717) is 24.5 Å². The number of carbonyl (C=O) groups is 1. The van der Waals surface area contributed by atoms with Crippen LogP contribution in [-0.4, -0.2) is 30.0 Å². The summed E-state index contributed by atoms with van der Waals surface area (Å²) in [5.41, 5.74) is 4.22. The third kappa shape index (κ3) is 5.08. The van der Waals surface area contributed by atoms with Crippen LogP contribution in [0.3, 0.4) is 0 Å². The maximum atomic E-state index is 12.6. The highest BCUT2D eigenvalue weighted by Gasteiger charge is 2.40. The van der Waals surface area contributed by atoms with Crippen molar-refractivity contribution in [2.75, 3.05) is 6.61 Å². The number of aliphatic hydroxyl groups is 1. The summed E-state index contributed by atoms with van der Waals surface area (Å²) in [6.45, 7) is 11.1. The van der Waals surface area contributed by atoms with E-state index in [1.54, 1.807) is 0 Å². The Balaban J connectivity index is 2.37. The van der Waals surface area contributed by atoms with Crippen molar-refractivity contribution in [1.82, 2.24) is 5.32 Å². The van der Waals surface area contributed by atoms with Crippen LogP contribution in [0.1, 0.15) is 66.7 Å². The fourth-order valence-electron chi connectivity index (χ4n) is 4.14. The second-order valence-corrected chi connectivity index (χ2v) is 7.96. The van der Waals surface area contributed by atoms with Crippen LogP contribution >= 0.6 is 0 Å². The van der Waals surface area contributed by atoms with Gasteiger partial charge in [-0.15, -0.1) is 0 Å². The van der Waals surface area contributed by atoms with Gasteiger partial charge >= 0.3 is 0 Å². The highest BCUT2D eigenvalue weighted by molar-refractivity contribution is 5.98. The number of rotatable bonds is 6. The second-order valence-electron chi connectivity index (χ2n) is 7.96. The van der Waals surface area contributed by atoms with E-state index in [1.807, 2.05) is 6.92 Å². The van der Waals surface area contributed by atoms with Gasteiger partial charge in [-0.3, -0.25) is 4.79 Å². The fraction of sp³-hybridized carbons (Fsp3) is 0.682. The molecule has 0 spiro atoms. The molecule has 0 bridgehead atoms. The van der Waals surface area contributed by atoms with E-state index in [2.05, 4.69) is 45.2 Å². The van der Waals surface area contributed by atoms with Gasteiger partial charge in [0.2, 0.25) is 0 Å². The molecule has 1 amide bonds. The van der Waals surface area contributed by atoms with Crippen LogP contribution in [-0.2, 0) is 9.53 Å². The van der Waals surface area contributed by atoms with Crippen molar-refractivity contribution in [2.24, 2.45) is 11.8 Å². The highest BCUT2D eigenvalue weighted by atomic mass is 16.5. The number of ether oxygens (including phenoxy) is 1. The first kappa shape index (κ1) is 20.9. The van der Waals surface area contributed by atoms with Crippen LogP contribution in [0.15, 0.2) is 34.4 Å². The number of hydrogen-bond donors (Lipinski definition) is 2. The van der Waals surface area contributed by atoms with Crippen LogP contribution in [0.5, 0.6) is 0 Å². The zero-order valence-corrected chi connectivity index (χ0v) is 17.0. The van der Waals surface area contributed by atoms with Gasteiger partial charge in [-0.25, -0.2) is 0 Å². The predicted octanol–water partition coefficient (Wildman–Crippen LogP) is 4.27. The Labute approximate surface area is 158 Å². The number of allylic oxidation sites excluding steroid dienone is 3. The minimum Gasteiger partial charge on any atom is -0.373 e. The van der Waals surface area contributed by atoms with Gasteiger partial charge in [-0.2, -0.15) is 0 Å². The van der Waals surface area contributed by atoms with Gasteiger partial charge in [-0.05, 0) is 77.2 Å². The molecule has 146 valence electrons. The lowest BCUT2D eigenvalue weighted by Crippen LogP contribution is -2.31. The molecule has 4 heteroatoms. The van der Waals surface area contributed by atoms with Gasteiger partial charge in [0, 0.05) is 12.2 Å². The maximum absolute atomic E-state index is 12.6. The van der Waals surface area contributed by atoms with Crippen molar-refractivity contribution in [1.29, 1.82) is 0 Å². The Kier molecular flexibility index (Phi) is 7.66. The summed E-state index contributed by atoms with van der Waals surface area (Å²) in [5.74, 6) is 0.417. The van der Waals surface area contributed by atoms with Crippen molar-refractivity contribution < 1.29 is 14.6 Å². The minimum absolute atomic E-state index is 0.166. The van der Waals surface area contributed by atoms with Crippen LogP contribution in [0.2, 0.25) is 0 Å². The van der Waals surface area contributed by atoms with E-state index >= 15 is 0 Å². The SMILES string of the molecule is CCO[C@@H]1C/C=C(\C)CC[C@@H]([C@H](C)CCC=C(C)C)C2=C1C(=O)N[C@@H]2O. The lowest BCUT2D eigenvalue weighted by atomic mass is 9.78. The van der Waals surface area contributed by atoms with E-state index in [0.717, 1.165) is 31.3 Å². The summed E-state index contributed by atoms with van der Waals surface area (Å²) >= 11 is 0. The lowest BCUT2D eigenvalue weighted by Gasteiger charge is -2.28. The molecule has 0 aromatic heterocycles. The third-order valence-corrected chi connectivity index (χ3v) is 5.60. The molecule has 0 aromatic carbocycles. The van der Waals surface area contributed by atoms with E-state index in [1.165, 1.54) is 11.1 Å². The molecule has 4 atom stereocenters. The lowest BCUT2D eigenvalue weighted by molar-refractivity contribution is -0.119. The van der Waals surface area contributed by atoms with Crippen molar-refractivity contribution in [3.63, 3.8) is 0 Å². The molecule has 0 radical (unpaired) electrons.